The van der Waals surface area contributed by atoms with Gasteiger partial charge < -0.3 is 9.84 Å². The number of methoxy groups -OCH3 is 1. The summed E-state index contributed by atoms with van der Waals surface area (Å²) >= 11 is 0. The Morgan fingerprint density at radius 1 is 1.07 bits per heavy atom. The molecule has 84 valence electrons. The lowest BCUT2D eigenvalue weighted by Gasteiger charge is -2.11. The fraction of sp³-hybridized carbons (Fsp3) is 0.538. The summed E-state index contributed by atoms with van der Waals surface area (Å²) in [6, 6.07) is 3.80. The van der Waals surface area contributed by atoms with E-state index in [1.54, 1.807) is 7.11 Å². The number of hydrogen-bond acceptors (Lipinski definition) is 2. The maximum Gasteiger partial charge on any atom is 0.122 e. The largest absolute Gasteiger partial charge is 0.508 e. The number of phenolic OH excluding ortho intramolecular Hbond substituents is 1. The van der Waals surface area contributed by atoms with Crippen LogP contribution in [0.25, 0.3) is 0 Å². The van der Waals surface area contributed by atoms with Gasteiger partial charge in [-0.1, -0.05) is 26.7 Å². The summed E-state index contributed by atoms with van der Waals surface area (Å²) < 4.78 is 5.33. The van der Waals surface area contributed by atoms with Crippen molar-refractivity contribution in [1.82, 2.24) is 0 Å². The summed E-state index contributed by atoms with van der Waals surface area (Å²) in [7, 11) is 1.68. The van der Waals surface area contributed by atoms with Crippen LogP contribution in [0.1, 0.15) is 37.8 Å². The molecule has 0 heterocycles. The number of phenols is 1. The number of rotatable bonds is 5. The van der Waals surface area contributed by atoms with Crippen molar-refractivity contribution in [2.75, 3.05) is 7.11 Å². The highest BCUT2D eigenvalue weighted by atomic mass is 16.5. The molecule has 0 aliphatic rings. The molecule has 0 saturated heterocycles. The predicted octanol–water partition coefficient (Wildman–Crippen LogP) is 3.31. The SMILES string of the molecule is CCCc1cc(OC)c(CCC)cc1O. The van der Waals surface area contributed by atoms with Gasteiger partial charge in [-0.05, 0) is 36.1 Å². The molecule has 1 N–H and O–H groups in total. The molecule has 2 nitrogen and oxygen atoms in total. The van der Waals surface area contributed by atoms with Gasteiger partial charge in [0, 0.05) is 0 Å². The van der Waals surface area contributed by atoms with Crippen molar-refractivity contribution in [3.63, 3.8) is 0 Å². The lowest BCUT2D eigenvalue weighted by molar-refractivity contribution is 0.405. The average molecular weight is 208 g/mol. The molecule has 0 atom stereocenters. The highest BCUT2D eigenvalue weighted by molar-refractivity contribution is 5.46. The third-order valence-electron chi connectivity index (χ3n) is 2.52. The monoisotopic (exact) mass is 208 g/mol. The summed E-state index contributed by atoms with van der Waals surface area (Å²) in [5.41, 5.74) is 2.08. The molecule has 2 heteroatoms. The van der Waals surface area contributed by atoms with Gasteiger partial charge in [0.15, 0.2) is 0 Å². The normalized spacial score (nSPS) is 10.3. The second kappa shape index (κ2) is 5.64. The van der Waals surface area contributed by atoms with Crippen LogP contribution < -0.4 is 4.74 Å². The minimum Gasteiger partial charge on any atom is -0.508 e. The van der Waals surface area contributed by atoms with Crippen LogP contribution in [0, 0.1) is 0 Å². The molecule has 1 aromatic carbocycles. The van der Waals surface area contributed by atoms with E-state index in [1.165, 1.54) is 0 Å². The van der Waals surface area contributed by atoms with Crippen LogP contribution >= 0.6 is 0 Å². The lowest BCUT2D eigenvalue weighted by atomic mass is 10.0. The van der Waals surface area contributed by atoms with Crippen molar-refractivity contribution < 1.29 is 9.84 Å². The van der Waals surface area contributed by atoms with Crippen LogP contribution in [-0.4, -0.2) is 12.2 Å². The van der Waals surface area contributed by atoms with Crippen LogP contribution in [0.3, 0.4) is 0 Å². The molecule has 0 fully saturated rings. The minimum atomic E-state index is 0.404. The van der Waals surface area contributed by atoms with E-state index in [-0.39, 0.29) is 0 Å². The van der Waals surface area contributed by atoms with Crippen LogP contribution in [0.15, 0.2) is 12.1 Å². The van der Waals surface area contributed by atoms with Crippen LogP contribution in [0.4, 0.5) is 0 Å². The van der Waals surface area contributed by atoms with Gasteiger partial charge >= 0.3 is 0 Å². The van der Waals surface area contributed by atoms with Gasteiger partial charge in [-0.2, -0.15) is 0 Å². The first-order valence-electron chi connectivity index (χ1n) is 5.61. The standard InChI is InChI=1S/C13H20O2/c1-4-6-10-9-13(15-3)11(7-5-2)8-12(10)14/h8-9,14H,4-7H2,1-3H3. The number of benzene rings is 1. The van der Waals surface area contributed by atoms with E-state index in [2.05, 4.69) is 13.8 Å². The van der Waals surface area contributed by atoms with Gasteiger partial charge in [0.25, 0.3) is 0 Å². The minimum absolute atomic E-state index is 0.404. The van der Waals surface area contributed by atoms with Crippen LogP contribution in [0.5, 0.6) is 11.5 Å². The van der Waals surface area contributed by atoms with E-state index < -0.39 is 0 Å². The molecule has 0 aromatic heterocycles. The van der Waals surface area contributed by atoms with E-state index in [9.17, 15) is 5.11 Å². The summed E-state index contributed by atoms with van der Waals surface area (Å²) in [6.45, 7) is 4.22. The van der Waals surface area contributed by atoms with Gasteiger partial charge in [-0.25, -0.2) is 0 Å². The van der Waals surface area contributed by atoms with Crippen molar-refractivity contribution in [2.24, 2.45) is 0 Å². The lowest BCUT2D eigenvalue weighted by Crippen LogP contribution is -1.95. The second-order valence-corrected chi connectivity index (χ2v) is 3.79. The first-order chi connectivity index (χ1) is 7.22. The van der Waals surface area contributed by atoms with Crippen molar-refractivity contribution in [3.05, 3.63) is 23.3 Å². The molecule has 0 aliphatic heterocycles. The Hall–Kier alpha value is -1.18. The number of aryl methyl sites for hydroxylation is 2. The summed E-state index contributed by atoms with van der Waals surface area (Å²) in [5, 5.41) is 9.81. The predicted molar refractivity (Wildman–Crippen MR) is 62.6 cm³/mol. The fourth-order valence-electron chi connectivity index (χ4n) is 1.78. The number of hydrogen-bond donors (Lipinski definition) is 1. The summed E-state index contributed by atoms with van der Waals surface area (Å²) in [4.78, 5) is 0. The highest BCUT2D eigenvalue weighted by Crippen LogP contribution is 2.29. The molecule has 0 bridgehead atoms. The Morgan fingerprint density at radius 3 is 2.20 bits per heavy atom. The molecule has 15 heavy (non-hydrogen) atoms. The molecule has 0 radical (unpaired) electrons. The Labute approximate surface area is 91.9 Å². The van der Waals surface area contributed by atoms with Crippen molar-refractivity contribution in [2.45, 2.75) is 39.5 Å². The third kappa shape index (κ3) is 2.88. The average Bonchev–Trinajstić information content (AvgIpc) is 2.22. The highest BCUT2D eigenvalue weighted by Gasteiger charge is 2.08. The zero-order valence-corrected chi connectivity index (χ0v) is 9.84. The van der Waals surface area contributed by atoms with E-state index >= 15 is 0 Å². The molecule has 0 unspecified atom stereocenters. The molecule has 0 spiro atoms. The summed E-state index contributed by atoms with van der Waals surface area (Å²) in [6.07, 6.45) is 3.94. The molecular formula is C13H20O2. The summed E-state index contributed by atoms with van der Waals surface area (Å²) in [5.74, 6) is 1.30. The number of ether oxygens (including phenoxy) is 1. The van der Waals surface area contributed by atoms with E-state index in [0.29, 0.717) is 5.75 Å². The van der Waals surface area contributed by atoms with E-state index in [0.717, 1.165) is 42.6 Å². The first-order valence-corrected chi connectivity index (χ1v) is 5.61. The molecule has 0 saturated carbocycles. The maximum atomic E-state index is 9.81. The van der Waals surface area contributed by atoms with E-state index in [1.807, 2.05) is 12.1 Å². The van der Waals surface area contributed by atoms with Crippen molar-refractivity contribution in [1.29, 1.82) is 0 Å². The molecule has 1 rings (SSSR count). The zero-order valence-electron chi connectivity index (χ0n) is 9.84. The molecule has 0 amide bonds. The van der Waals surface area contributed by atoms with Crippen LogP contribution in [0.2, 0.25) is 0 Å². The third-order valence-corrected chi connectivity index (χ3v) is 2.52. The maximum absolute atomic E-state index is 9.81. The van der Waals surface area contributed by atoms with Gasteiger partial charge in [0.1, 0.15) is 11.5 Å². The topological polar surface area (TPSA) is 29.5 Å². The van der Waals surface area contributed by atoms with Gasteiger partial charge in [0.2, 0.25) is 0 Å². The van der Waals surface area contributed by atoms with Gasteiger partial charge in [-0.15, -0.1) is 0 Å². The Bertz CT molecular complexity index is 319. The van der Waals surface area contributed by atoms with Crippen LogP contribution in [-0.2, 0) is 12.8 Å². The quantitative estimate of drug-likeness (QED) is 0.804. The first kappa shape index (κ1) is 11.9. The molecule has 1 aromatic rings. The Morgan fingerprint density at radius 2 is 1.67 bits per heavy atom. The fourth-order valence-corrected chi connectivity index (χ4v) is 1.78. The second-order valence-electron chi connectivity index (χ2n) is 3.79. The zero-order chi connectivity index (χ0) is 11.3. The van der Waals surface area contributed by atoms with Crippen molar-refractivity contribution >= 4 is 0 Å². The molecule has 0 aliphatic carbocycles. The Balaban J connectivity index is 3.04. The molecular weight excluding hydrogens is 188 g/mol. The Kier molecular flexibility index (Phi) is 4.47. The number of aromatic hydroxyl groups is 1. The van der Waals surface area contributed by atoms with Crippen molar-refractivity contribution in [3.8, 4) is 11.5 Å². The van der Waals surface area contributed by atoms with Gasteiger partial charge in [-0.3, -0.25) is 0 Å². The van der Waals surface area contributed by atoms with Gasteiger partial charge in [0.05, 0.1) is 7.11 Å². The smallest absolute Gasteiger partial charge is 0.122 e. The van der Waals surface area contributed by atoms with E-state index in [4.69, 9.17) is 4.74 Å².